The van der Waals surface area contributed by atoms with E-state index in [9.17, 15) is 9.59 Å². The van der Waals surface area contributed by atoms with Crippen LogP contribution in [0, 0.1) is 0 Å². The first-order valence-corrected chi connectivity index (χ1v) is 11.7. The van der Waals surface area contributed by atoms with E-state index in [1.165, 1.54) is 18.4 Å². The van der Waals surface area contributed by atoms with E-state index in [0.717, 1.165) is 16.9 Å². The quantitative estimate of drug-likeness (QED) is 0.369. The summed E-state index contributed by atoms with van der Waals surface area (Å²) in [5, 5.41) is 0.556. The molecule has 1 aliphatic heterocycles. The Bertz CT molecular complexity index is 1410. The number of halogens is 1. The van der Waals surface area contributed by atoms with Gasteiger partial charge in [-0.05, 0) is 48.4 Å². The highest BCUT2D eigenvalue weighted by atomic mass is 35.5. The summed E-state index contributed by atoms with van der Waals surface area (Å²) < 4.78 is 17.6. The Morgan fingerprint density at radius 1 is 1.12 bits per heavy atom. The number of thiazole rings is 1. The minimum absolute atomic E-state index is 0.0986. The van der Waals surface area contributed by atoms with Gasteiger partial charge in [0.25, 0.3) is 5.56 Å². The first-order chi connectivity index (χ1) is 16.4. The molecule has 3 aromatic rings. The van der Waals surface area contributed by atoms with Gasteiger partial charge in [-0.25, -0.2) is 9.79 Å². The summed E-state index contributed by atoms with van der Waals surface area (Å²) in [5.41, 5.74) is 2.15. The SMILES string of the molecule is COCCOC(=O)C1=C(C)N=c2s/c(=C/c3ccc(OC)cc3)c(=O)n2[C@H]1c1ccc(Cl)cc1. The minimum Gasteiger partial charge on any atom is -0.497 e. The Labute approximate surface area is 205 Å². The molecule has 0 N–H and O–H groups in total. The van der Waals surface area contributed by atoms with Crippen molar-refractivity contribution in [1.29, 1.82) is 0 Å². The van der Waals surface area contributed by atoms with Gasteiger partial charge in [-0.1, -0.05) is 47.2 Å². The van der Waals surface area contributed by atoms with Gasteiger partial charge in [0, 0.05) is 12.1 Å². The van der Waals surface area contributed by atoms with Gasteiger partial charge in [0.1, 0.15) is 12.4 Å². The number of nitrogens with zero attached hydrogens (tertiary/aromatic N) is 2. The van der Waals surface area contributed by atoms with Crippen LogP contribution in [-0.4, -0.2) is 38.0 Å². The lowest BCUT2D eigenvalue weighted by Gasteiger charge is -2.24. The number of methoxy groups -OCH3 is 2. The molecule has 4 rings (SSSR count). The first kappa shape index (κ1) is 23.9. The van der Waals surface area contributed by atoms with Crippen LogP contribution in [0.5, 0.6) is 5.75 Å². The summed E-state index contributed by atoms with van der Waals surface area (Å²) in [6, 6.07) is 13.8. The van der Waals surface area contributed by atoms with Crippen LogP contribution in [0.3, 0.4) is 0 Å². The van der Waals surface area contributed by atoms with E-state index in [-0.39, 0.29) is 18.8 Å². The fourth-order valence-corrected chi connectivity index (χ4v) is 4.86. The van der Waals surface area contributed by atoms with E-state index < -0.39 is 12.0 Å². The molecule has 0 bridgehead atoms. The number of carbonyl (C=O) groups excluding carboxylic acids is 1. The smallest absolute Gasteiger partial charge is 0.338 e. The molecule has 0 radical (unpaired) electrons. The Kier molecular flexibility index (Phi) is 7.31. The molecule has 2 heterocycles. The molecule has 9 heteroatoms. The monoisotopic (exact) mass is 498 g/mol. The zero-order chi connectivity index (χ0) is 24.2. The van der Waals surface area contributed by atoms with Crippen molar-refractivity contribution >= 4 is 35.0 Å². The summed E-state index contributed by atoms with van der Waals surface area (Å²) in [6.07, 6.45) is 1.80. The molecule has 0 aliphatic carbocycles. The largest absolute Gasteiger partial charge is 0.497 e. The van der Waals surface area contributed by atoms with Gasteiger partial charge >= 0.3 is 5.97 Å². The van der Waals surface area contributed by atoms with E-state index >= 15 is 0 Å². The molecular weight excluding hydrogens is 476 g/mol. The molecule has 176 valence electrons. The molecular formula is C25H23ClN2O5S. The van der Waals surface area contributed by atoms with E-state index in [0.29, 0.717) is 25.6 Å². The number of esters is 1. The summed E-state index contributed by atoms with van der Waals surface area (Å²) in [7, 11) is 3.13. The number of hydrogen-bond acceptors (Lipinski definition) is 7. The number of allylic oxidation sites excluding steroid dienone is 1. The highest BCUT2D eigenvalue weighted by Gasteiger charge is 2.33. The summed E-state index contributed by atoms with van der Waals surface area (Å²) in [5.74, 6) is 0.191. The zero-order valence-corrected chi connectivity index (χ0v) is 20.5. The highest BCUT2D eigenvalue weighted by molar-refractivity contribution is 7.07. The molecule has 0 saturated carbocycles. The Balaban J connectivity index is 1.85. The van der Waals surface area contributed by atoms with Gasteiger partial charge in [-0.15, -0.1) is 0 Å². The number of aromatic nitrogens is 1. The van der Waals surface area contributed by atoms with Crippen LogP contribution in [0.15, 0.2) is 69.6 Å². The zero-order valence-electron chi connectivity index (χ0n) is 18.9. The van der Waals surface area contributed by atoms with Crippen molar-refractivity contribution < 1.29 is 19.0 Å². The number of ether oxygens (including phenoxy) is 3. The molecule has 7 nitrogen and oxygen atoms in total. The Morgan fingerprint density at radius 3 is 2.47 bits per heavy atom. The average Bonchev–Trinajstić information content (AvgIpc) is 3.13. The molecule has 1 atom stereocenters. The lowest BCUT2D eigenvalue weighted by Crippen LogP contribution is -2.40. The van der Waals surface area contributed by atoms with Gasteiger partial charge in [-0.3, -0.25) is 9.36 Å². The van der Waals surface area contributed by atoms with Gasteiger partial charge in [-0.2, -0.15) is 0 Å². The third-order valence-electron chi connectivity index (χ3n) is 5.36. The summed E-state index contributed by atoms with van der Waals surface area (Å²) in [6.45, 7) is 2.11. The number of hydrogen-bond donors (Lipinski definition) is 0. The Morgan fingerprint density at radius 2 is 1.82 bits per heavy atom. The molecule has 2 aromatic carbocycles. The van der Waals surface area contributed by atoms with Gasteiger partial charge in [0.05, 0.1) is 35.6 Å². The van der Waals surface area contributed by atoms with Crippen LogP contribution in [0.25, 0.3) is 6.08 Å². The fraction of sp³-hybridized carbons (Fsp3) is 0.240. The Hall–Kier alpha value is -3.20. The average molecular weight is 499 g/mol. The molecule has 0 amide bonds. The van der Waals surface area contributed by atoms with Crippen molar-refractivity contribution in [3.63, 3.8) is 0 Å². The van der Waals surface area contributed by atoms with Crippen LogP contribution >= 0.6 is 22.9 Å². The van der Waals surface area contributed by atoms with Crippen molar-refractivity contribution in [1.82, 2.24) is 4.57 Å². The van der Waals surface area contributed by atoms with Crippen LogP contribution in [0.1, 0.15) is 24.1 Å². The predicted molar refractivity (Wildman–Crippen MR) is 131 cm³/mol. The number of rotatable bonds is 7. The van der Waals surface area contributed by atoms with Gasteiger partial charge in [0.15, 0.2) is 4.80 Å². The maximum atomic E-state index is 13.6. The predicted octanol–water partition coefficient (Wildman–Crippen LogP) is 3.09. The summed E-state index contributed by atoms with van der Waals surface area (Å²) in [4.78, 5) is 31.7. The normalized spacial score (nSPS) is 15.6. The second-order valence-electron chi connectivity index (χ2n) is 7.54. The molecule has 0 unspecified atom stereocenters. The highest BCUT2D eigenvalue weighted by Crippen LogP contribution is 2.31. The van der Waals surface area contributed by atoms with Crippen molar-refractivity contribution in [3.05, 3.63) is 95.6 Å². The molecule has 0 saturated heterocycles. The third kappa shape index (κ3) is 4.84. The van der Waals surface area contributed by atoms with Crippen molar-refractivity contribution in [3.8, 4) is 5.75 Å². The van der Waals surface area contributed by atoms with E-state index in [2.05, 4.69) is 4.99 Å². The van der Waals surface area contributed by atoms with E-state index in [4.69, 9.17) is 25.8 Å². The lowest BCUT2D eigenvalue weighted by molar-refractivity contribution is -0.140. The van der Waals surface area contributed by atoms with Crippen LogP contribution in [0.4, 0.5) is 0 Å². The second-order valence-corrected chi connectivity index (χ2v) is 8.98. The molecule has 0 fully saturated rings. The molecule has 0 spiro atoms. The molecule has 1 aromatic heterocycles. The summed E-state index contributed by atoms with van der Waals surface area (Å²) >= 11 is 7.37. The topological polar surface area (TPSA) is 79.1 Å². The standard InChI is InChI=1S/C25H23ClN2O5S/c1-15-21(24(30)33-13-12-31-2)22(17-6-8-18(26)9-7-17)28-23(29)20(34-25(28)27-15)14-16-4-10-19(32-3)11-5-16/h4-11,14,22H,12-13H2,1-3H3/b20-14+/t22-/m0/s1. The first-order valence-electron chi connectivity index (χ1n) is 10.5. The van der Waals surface area contributed by atoms with Crippen molar-refractivity contribution in [2.24, 2.45) is 4.99 Å². The fourth-order valence-electron chi connectivity index (χ4n) is 3.69. The molecule has 1 aliphatic rings. The van der Waals surface area contributed by atoms with Crippen molar-refractivity contribution in [2.45, 2.75) is 13.0 Å². The molecule has 34 heavy (non-hydrogen) atoms. The third-order valence-corrected chi connectivity index (χ3v) is 6.60. The maximum Gasteiger partial charge on any atom is 0.338 e. The number of fused-ring (bicyclic) bond motifs is 1. The number of benzene rings is 2. The number of carbonyl (C=O) groups is 1. The van der Waals surface area contributed by atoms with Gasteiger partial charge < -0.3 is 14.2 Å². The van der Waals surface area contributed by atoms with Crippen LogP contribution in [-0.2, 0) is 14.3 Å². The lowest BCUT2D eigenvalue weighted by atomic mass is 9.96. The minimum atomic E-state index is -0.693. The second kappa shape index (κ2) is 10.4. The van der Waals surface area contributed by atoms with Crippen molar-refractivity contribution in [2.75, 3.05) is 27.4 Å². The van der Waals surface area contributed by atoms with Gasteiger partial charge in [0.2, 0.25) is 0 Å². The van der Waals surface area contributed by atoms with E-state index in [1.54, 1.807) is 48.9 Å². The van der Waals surface area contributed by atoms with Crippen LogP contribution in [0.2, 0.25) is 5.02 Å². The van der Waals surface area contributed by atoms with Crippen LogP contribution < -0.4 is 19.6 Å². The maximum absolute atomic E-state index is 13.6. The van der Waals surface area contributed by atoms with E-state index in [1.807, 2.05) is 24.3 Å².